The van der Waals surface area contributed by atoms with Gasteiger partial charge in [-0.15, -0.1) is 0 Å². The molecule has 2 nitrogen and oxygen atoms in total. The van der Waals surface area contributed by atoms with Crippen LogP contribution in [0.2, 0.25) is 0 Å². The third-order valence-corrected chi connectivity index (χ3v) is 5.66. The van der Waals surface area contributed by atoms with E-state index in [9.17, 15) is 0 Å². The summed E-state index contributed by atoms with van der Waals surface area (Å²) >= 11 is 0. The molecule has 2 N–H and O–H groups in total. The van der Waals surface area contributed by atoms with E-state index in [1.54, 1.807) is 0 Å². The SMILES string of the molecule is Cc1ccccc1CN(C)C1(CN)CCCC(C(C)C)C1. The Balaban J connectivity index is 2.14. The van der Waals surface area contributed by atoms with E-state index in [1.807, 2.05) is 0 Å². The number of aryl methyl sites for hydroxylation is 1. The molecule has 0 amide bonds. The van der Waals surface area contributed by atoms with E-state index in [0.29, 0.717) is 0 Å². The number of likely N-dealkylation sites (N-methyl/N-ethyl adjacent to an activating group) is 1. The lowest BCUT2D eigenvalue weighted by molar-refractivity contribution is 0.0395. The maximum absolute atomic E-state index is 6.25. The molecule has 1 saturated carbocycles. The molecule has 2 atom stereocenters. The minimum absolute atomic E-state index is 0.190. The van der Waals surface area contributed by atoms with E-state index >= 15 is 0 Å². The molecule has 0 aromatic heterocycles. The lowest BCUT2D eigenvalue weighted by atomic mass is 9.71. The summed E-state index contributed by atoms with van der Waals surface area (Å²) in [4.78, 5) is 2.53. The molecule has 0 spiro atoms. The number of benzene rings is 1. The number of hydrogen-bond donors (Lipinski definition) is 1. The molecule has 1 aromatic rings. The van der Waals surface area contributed by atoms with Crippen molar-refractivity contribution in [1.82, 2.24) is 4.90 Å². The number of rotatable bonds is 5. The van der Waals surface area contributed by atoms with Crippen molar-refractivity contribution in [1.29, 1.82) is 0 Å². The van der Waals surface area contributed by atoms with Crippen LogP contribution in [0.1, 0.15) is 50.7 Å². The Labute approximate surface area is 130 Å². The van der Waals surface area contributed by atoms with Crippen LogP contribution in [-0.4, -0.2) is 24.0 Å². The first kappa shape index (κ1) is 16.5. The van der Waals surface area contributed by atoms with Crippen molar-refractivity contribution in [3.05, 3.63) is 35.4 Å². The summed E-state index contributed by atoms with van der Waals surface area (Å²) < 4.78 is 0. The third kappa shape index (κ3) is 3.67. The van der Waals surface area contributed by atoms with Crippen molar-refractivity contribution in [3.8, 4) is 0 Å². The molecule has 0 aliphatic heterocycles. The van der Waals surface area contributed by atoms with Crippen molar-refractivity contribution in [2.45, 2.75) is 58.5 Å². The standard InChI is InChI=1S/C19H32N2/c1-15(2)17-10-7-11-19(12-17,14-20)21(4)13-18-9-6-5-8-16(18)3/h5-6,8-9,15,17H,7,10-14,20H2,1-4H3. The van der Waals surface area contributed by atoms with Crippen molar-refractivity contribution in [2.24, 2.45) is 17.6 Å². The third-order valence-electron chi connectivity index (χ3n) is 5.66. The van der Waals surface area contributed by atoms with Crippen molar-refractivity contribution in [3.63, 3.8) is 0 Å². The largest absolute Gasteiger partial charge is 0.329 e. The van der Waals surface area contributed by atoms with Gasteiger partial charge in [-0.05, 0) is 49.8 Å². The predicted molar refractivity (Wildman–Crippen MR) is 91.2 cm³/mol. The number of nitrogens with zero attached hydrogens (tertiary/aromatic N) is 1. The monoisotopic (exact) mass is 288 g/mol. The lowest BCUT2D eigenvalue weighted by Gasteiger charge is -2.48. The van der Waals surface area contributed by atoms with Crippen LogP contribution in [0.3, 0.4) is 0 Å². The number of nitrogens with two attached hydrogens (primary N) is 1. The normalized spacial score (nSPS) is 26.5. The Morgan fingerprint density at radius 1 is 1.33 bits per heavy atom. The van der Waals surface area contributed by atoms with Crippen LogP contribution in [0, 0.1) is 18.8 Å². The highest BCUT2D eigenvalue weighted by molar-refractivity contribution is 5.25. The van der Waals surface area contributed by atoms with Crippen LogP contribution in [0.5, 0.6) is 0 Å². The average molecular weight is 288 g/mol. The molecule has 2 rings (SSSR count). The van der Waals surface area contributed by atoms with Crippen molar-refractivity contribution < 1.29 is 0 Å². The zero-order valence-corrected chi connectivity index (χ0v) is 14.2. The molecule has 1 fully saturated rings. The van der Waals surface area contributed by atoms with Gasteiger partial charge in [0.25, 0.3) is 0 Å². The van der Waals surface area contributed by atoms with E-state index in [1.165, 1.54) is 36.8 Å². The first-order valence-corrected chi connectivity index (χ1v) is 8.44. The van der Waals surface area contributed by atoms with Crippen molar-refractivity contribution >= 4 is 0 Å². The van der Waals surface area contributed by atoms with Crippen LogP contribution in [0.15, 0.2) is 24.3 Å². The van der Waals surface area contributed by atoms with E-state index in [2.05, 4.69) is 57.0 Å². The van der Waals surface area contributed by atoms with Crippen LogP contribution >= 0.6 is 0 Å². The van der Waals surface area contributed by atoms with E-state index in [-0.39, 0.29) is 5.54 Å². The summed E-state index contributed by atoms with van der Waals surface area (Å²) in [5.41, 5.74) is 9.25. The lowest BCUT2D eigenvalue weighted by Crippen LogP contribution is -2.54. The second-order valence-electron chi connectivity index (χ2n) is 7.31. The molecule has 1 aromatic carbocycles. The highest BCUT2D eigenvalue weighted by Crippen LogP contribution is 2.39. The van der Waals surface area contributed by atoms with Gasteiger partial charge < -0.3 is 5.73 Å². The smallest absolute Gasteiger partial charge is 0.0334 e. The summed E-state index contributed by atoms with van der Waals surface area (Å²) in [6.45, 7) is 8.71. The molecule has 2 unspecified atom stereocenters. The minimum atomic E-state index is 0.190. The summed E-state index contributed by atoms with van der Waals surface area (Å²) in [6.07, 6.45) is 5.19. The zero-order chi connectivity index (χ0) is 15.5. The maximum Gasteiger partial charge on any atom is 0.0334 e. The maximum atomic E-state index is 6.25. The predicted octanol–water partition coefficient (Wildman–Crippen LogP) is 3.97. The molecule has 2 heteroatoms. The van der Waals surface area contributed by atoms with Gasteiger partial charge in [0.1, 0.15) is 0 Å². The molecule has 0 heterocycles. The Hall–Kier alpha value is -0.860. The molecule has 0 saturated heterocycles. The molecular weight excluding hydrogens is 256 g/mol. The first-order valence-electron chi connectivity index (χ1n) is 8.44. The molecule has 21 heavy (non-hydrogen) atoms. The minimum Gasteiger partial charge on any atom is -0.329 e. The second kappa shape index (κ2) is 6.93. The quantitative estimate of drug-likeness (QED) is 0.888. The molecular formula is C19H32N2. The van der Waals surface area contributed by atoms with E-state index in [4.69, 9.17) is 5.73 Å². The molecule has 1 aliphatic rings. The van der Waals surface area contributed by atoms with Crippen LogP contribution in [0.25, 0.3) is 0 Å². The number of hydrogen-bond acceptors (Lipinski definition) is 2. The van der Waals surface area contributed by atoms with Gasteiger partial charge in [0.05, 0.1) is 0 Å². The highest BCUT2D eigenvalue weighted by atomic mass is 15.2. The molecule has 1 aliphatic carbocycles. The molecule has 0 radical (unpaired) electrons. The van der Waals surface area contributed by atoms with Gasteiger partial charge in [-0.25, -0.2) is 0 Å². The van der Waals surface area contributed by atoms with Gasteiger partial charge in [0.2, 0.25) is 0 Å². The summed E-state index contributed by atoms with van der Waals surface area (Å²) in [5, 5.41) is 0. The Kier molecular flexibility index (Phi) is 5.45. The van der Waals surface area contributed by atoms with Crippen LogP contribution in [0.4, 0.5) is 0 Å². The Bertz CT molecular complexity index is 455. The fourth-order valence-electron chi connectivity index (χ4n) is 3.85. The van der Waals surface area contributed by atoms with Gasteiger partial charge in [0.15, 0.2) is 0 Å². The van der Waals surface area contributed by atoms with E-state index < -0.39 is 0 Å². The van der Waals surface area contributed by atoms with Gasteiger partial charge >= 0.3 is 0 Å². The van der Waals surface area contributed by atoms with Gasteiger partial charge in [0, 0.05) is 18.6 Å². The van der Waals surface area contributed by atoms with E-state index in [0.717, 1.165) is 24.9 Å². The van der Waals surface area contributed by atoms with Crippen LogP contribution < -0.4 is 5.73 Å². The van der Waals surface area contributed by atoms with Gasteiger partial charge in [-0.1, -0.05) is 51.0 Å². The first-order chi connectivity index (χ1) is 9.98. The molecule has 118 valence electrons. The van der Waals surface area contributed by atoms with Gasteiger partial charge in [-0.3, -0.25) is 4.90 Å². The van der Waals surface area contributed by atoms with Crippen LogP contribution in [-0.2, 0) is 6.54 Å². The fourth-order valence-corrected chi connectivity index (χ4v) is 3.85. The fraction of sp³-hybridized carbons (Fsp3) is 0.684. The van der Waals surface area contributed by atoms with Crippen molar-refractivity contribution in [2.75, 3.05) is 13.6 Å². The summed E-state index contributed by atoms with van der Waals surface area (Å²) in [7, 11) is 2.27. The second-order valence-corrected chi connectivity index (χ2v) is 7.31. The summed E-state index contributed by atoms with van der Waals surface area (Å²) in [6, 6.07) is 8.71. The molecule has 0 bridgehead atoms. The summed E-state index contributed by atoms with van der Waals surface area (Å²) in [5.74, 6) is 1.59. The van der Waals surface area contributed by atoms with Gasteiger partial charge in [-0.2, -0.15) is 0 Å². The topological polar surface area (TPSA) is 29.3 Å². The average Bonchev–Trinajstić information content (AvgIpc) is 2.49. The Morgan fingerprint density at radius 2 is 2.05 bits per heavy atom. The Morgan fingerprint density at radius 3 is 2.67 bits per heavy atom. The highest BCUT2D eigenvalue weighted by Gasteiger charge is 2.39. The zero-order valence-electron chi connectivity index (χ0n) is 14.2.